The van der Waals surface area contributed by atoms with Crippen LogP contribution in [-0.2, 0) is 51.0 Å². The average Bonchev–Trinajstić information content (AvgIpc) is 1.69. The number of aromatic nitrogens is 4. The Bertz CT molecular complexity index is 5450. The Labute approximate surface area is 962 Å². The Morgan fingerprint density at radius 1 is 0.541 bits per heavy atom. The molecule has 11 aromatic rings. The number of aryl methyl sites for hydroxylation is 4. The van der Waals surface area contributed by atoms with Gasteiger partial charge in [0, 0.05) is 61.5 Å². The van der Waals surface area contributed by atoms with Gasteiger partial charge in [-0.15, -0.1) is 111 Å². The number of esters is 2. The number of halogens is 22. The summed E-state index contributed by atoms with van der Waals surface area (Å²) in [5, 5.41) is 23.5. The summed E-state index contributed by atoms with van der Waals surface area (Å²) in [6.45, 7) is 13.4. The number of nitrogens with one attached hydrogen (secondary N) is 1. The molecule has 57 heteroatoms. The van der Waals surface area contributed by atoms with Crippen molar-refractivity contribution < 1.29 is 287 Å². The van der Waals surface area contributed by atoms with Crippen molar-refractivity contribution in [1.29, 1.82) is 4.78 Å². The number of Topliss-reactive ketones (excluding diaryl/α,β-unsaturated/α-hetero) is 1. The number of aromatic hydroxyl groups is 1. The number of hydrogen-bond acceptors (Lipinski definition) is 28. The predicted octanol–water partition coefficient (Wildman–Crippen LogP) is 17.8. The molecular weight excluding hydrogens is 2630 g/mol. The molecular formula is C76H66AlB2Br7Cs2F15N7O17S6-. The van der Waals surface area contributed by atoms with Gasteiger partial charge in [-0.3, -0.25) is 9.59 Å². The number of rotatable bonds is 23. The Balaban J connectivity index is -0.00000151. The summed E-state index contributed by atoms with van der Waals surface area (Å²) in [5.41, 5.74) is 12.4. The molecule has 0 atom stereocenters. The first kappa shape index (κ1) is 131. The number of carbonyl (C=O) groups excluding carboxylic acids is 4. The molecule has 24 nitrogen and oxygen atoms in total. The van der Waals surface area contributed by atoms with Crippen LogP contribution in [0.3, 0.4) is 0 Å². The maximum atomic E-state index is 12.3. The van der Waals surface area contributed by atoms with Gasteiger partial charge < -0.3 is 69.8 Å². The summed E-state index contributed by atoms with van der Waals surface area (Å²) in [6.07, 6.45) is -23.4. The zero-order valence-corrected chi connectivity index (χ0v) is 100. The Morgan fingerprint density at radius 3 is 1.14 bits per heavy atom. The van der Waals surface area contributed by atoms with E-state index in [-0.39, 0.29) is 228 Å². The summed E-state index contributed by atoms with van der Waals surface area (Å²) in [4.78, 5) is 62.2. The molecule has 0 unspecified atom stereocenters. The van der Waals surface area contributed by atoms with Gasteiger partial charge in [-0.1, -0.05) is 44.1 Å². The maximum absolute atomic E-state index is 12.3. The molecule has 709 valence electrons. The summed E-state index contributed by atoms with van der Waals surface area (Å²) < 4.78 is 236. The van der Waals surface area contributed by atoms with Crippen LogP contribution in [-0.4, -0.2) is 151 Å². The number of ketones is 1. The Hall–Kier alpha value is -3.78. The Morgan fingerprint density at radius 2 is 0.857 bits per heavy atom. The number of carbonyl (C=O) groups is 4. The molecule has 133 heavy (non-hydrogen) atoms. The molecule has 0 aliphatic heterocycles. The molecule has 4 N–H and O–H groups in total. The molecule has 4 aromatic heterocycles. The number of hydrogen-bond donors (Lipinski definition) is 3. The number of nitrogens with zero attached hydrogens (tertiary/aromatic N) is 5. The molecule has 7 aromatic carbocycles. The summed E-state index contributed by atoms with van der Waals surface area (Å²) in [7, 11) is 5.91. The summed E-state index contributed by atoms with van der Waals surface area (Å²) in [6, 6.07) is 37.0. The van der Waals surface area contributed by atoms with Gasteiger partial charge in [0.25, 0.3) is 6.47 Å². The van der Waals surface area contributed by atoms with E-state index in [2.05, 4.69) is 190 Å². The fraction of sp³-hybridized carbons (Fsp3) is 0.224. The number of phenolic OH excluding ortho intramolecular Hbond substituents is 1. The van der Waals surface area contributed by atoms with Crippen LogP contribution in [0.4, 0.5) is 65.9 Å². The molecule has 0 saturated heterocycles. The van der Waals surface area contributed by atoms with Crippen molar-refractivity contribution in [2.75, 3.05) is 32.8 Å². The SMILES string of the molecule is BrBr.CC(N)=S.COC(=O)COc1ccc(O)cc1C.COC(=O)COc1ccc(OCc2nc(-c3ccc(OC(F)(F)F)cc3)c(Br)s2)cc1C.Cc1nc(-c2ccc(OC(F)(F)F)cc2)c(Br)s1.Cc1nc(-c2ccc(OC(F)(F)F)cc2)cs1.FC(F)(F)Oc1ccc(-c2nc(CBr)sc2Br)cc1.O=C(CBr)c1ccc(OC(F)(F)F)cc1.O=CO[O-].[AlH2].[B]=N[S-](=[B])=N.[Cs+].[Cs+].[H-]. The minimum atomic E-state index is -4.74. The number of thiocarbonyl (C=S) groups is 1. The average molecular weight is 2700 g/mol. The van der Waals surface area contributed by atoms with E-state index in [0.717, 1.165) is 77.7 Å². The molecule has 0 spiro atoms. The van der Waals surface area contributed by atoms with Crippen molar-refractivity contribution in [2.45, 2.75) is 78.4 Å². The summed E-state index contributed by atoms with van der Waals surface area (Å²) >= 11 is 32.1. The molecule has 4 heterocycles. The first-order valence-corrected chi connectivity index (χ1v) is 47.6. The molecule has 0 fully saturated rings. The molecule has 0 bridgehead atoms. The van der Waals surface area contributed by atoms with E-state index in [1.54, 1.807) is 80.6 Å². The third kappa shape index (κ3) is 57.7. The van der Waals surface area contributed by atoms with E-state index < -0.39 is 54.1 Å². The van der Waals surface area contributed by atoms with E-state index in [1.807, 2.05) is 26.2 Å². The number of alkyl halides is 17. The van der Waals surface area contributed by atoms with Gasteiger partial charge in [0.15, 0.2) is 19.0 Å². The number of benzene rings is 7. The van der Waals surface area contributed by atoms with Gasteiger partial charge in [-0.05, 0) is 251 Å². The smallest absolute Gasteiger partial charge is 1.00 e. The quantitative estimate of drug-likeness (QED) is 0.00512. The minimum absolute atomic E-state index is 0. The molecule has 0 aliphatic rings. The second-order valence-corrected chi connectivity index (χ2v) is 34.2. The van der Waals surface area contributed by atoms with Crippen LogP contribution >= 0.6 is 165 Å². The van der Waals surface area contributed by atoms with Gasteiger partial charge in [-0.25, -0.2) is 29.5 Å². The van der Waals surface area contributed by atoms with Crippen molar-refractivity contribution in [1.82, 2.24) is 19.9 Å². The van der Waals surface area contributed by atoms with Crippen molar-refractivity contribution in [3.05, 3.63) is 211 Å². The predicted molar refractivity (Wildman–Crippen MR) is 498 cm³/mol. The van der Waals surface area contributed by atoms with E-state index in [0.29, 0.717) is 55.1 Å². The van der Waals surface area contributed by atoms with Crippen molar-refractivity contribution in [2.24, 2.45) is 10.0 Å². The minimum Gasteiger partial charge on any atom is -1.00 e. The van der Waals surface area contributed by atoms with Crippen LogP contribution in [0, 0.1) is 32.5 Å². The fourth-order valence-electron chi connectivity index (χ4n) is 8.63. The standard InChI is InChI=1S/C21H17BrF3NO5S.C11H6Br2F3NOS.C11H7BrF3NOS.C11H8F3NOS.C10H12O4.C9H6BrF3O2.C2H5NS.CH2O3.Al.B2HN2S.Br2.2Cs.3H/c1-12-9-15(7-8-16(12)30-11-18(27)28-2)29-10-17-26-19(20(22)32-17)13-3-5-14(6-4-13)31-21(23,24)25;12-5-8-17-9(10(13)19-8)6-1-3-7(4-2-6)18-11(14,15)16;1-6-16-9(10(12)18-6)7-2-4-8(5-3-7)17-11(13,14)15;1-7-15-10(6-17-7)8-2-4-9(5-3-8)16-11(12,13)14;1-7-5-8(11)3-4-9(7)14-6-10(12)13-2;10-5-8(14)6-1-3-7(4-2-6)15-9(11,12)13;1-2(3)4;2-1-4-3;;1-4-5(2)3;1-2;;;;;/h3-9H,10-11H2,1-2H3;1-4H,5H2;2-5H,1H3;2-6H,1H3;3-5,11H,6H2,1-2H3;1-4H,5H2;1H3,(H2,3,4);1,3H;;3H;;;;;;/q;;;;;;;;;-1;;2*+1;;;-1/p-1. The zero-order valence-electron chi connectivity index (χ0n) is 70.9. The monoisotopic (exact) mass is 2690 g/mol. The third-order valence-electron chi connectivity index (χ3n) is 13.7. The topological polar surface area (TPSA) is 327 Å². The van der Waals surface area contributed by atoms with Crippen LogP contribution in [0.5, 0.6) is 51.7 Å². The molecule has 11 rings (SSSR count). The molecule has 0 saturated carbocycles. The van der Waals surface area contributed by atoms with Gasteiger partial charge in [-0.2, -0.15) is 0 Å². The van der Waals surface area contributed by atoms with Crippen LogP contribution in [0.15, 0.2) is 179 Å². The first-order valence-electron chi connectivity index (χ1n) is 34.3. The van der Waals surface area contributed by atoms with E-state index in [9.17, 15) is 80.2 Å². The number of methoxy groups -OCH3 is 2. The van der Waals surface area contributed by atoms with Crippen LogP contribution < -0.4 is 187 Å². The second kappa shape index (κ2) is 67.6. The van der Waals surface area contributed by atoms with E-state index >= 15 is 0 Å². The first-order chi connectivity index (χ1) is 60.8. The molecule has 3 radical (unpaired) electrons. The number of ether oxygens (including phenoxy) is 10. The van der Waals surface area contributed by atoms with Gasteiger partial charge in [0.1, 0.15) is 85.7 Å². The normalized spacial score (nSPS) is 10.4. The van der Waals surface area contributed by atoms with Crippen LogP contribution in [0.25, 0.3) is 45.0 Å². The molecule has 0 amide bonds. The van der Waals surface area contributed by atoms with Gasteiger partial charge in [0.05, 0.1) is 74.0 Å². The number of thiazole rings is 4. The molecule has 0 aliphatic carbocycles. The largest absolute Gasteiger partial charge is 1.00 e. The zero-order chi connectivity index (χ0) is 98.5. The fourth-order valence-corrected chi connectivity index (χ4v) is 14.9. The van der Waals surface area contributed by atoms with Crippen molar-refractivity contribution >= 4 is 237 Å². The second-order valence-electron chi connectivity index (χ2n) is 23.2. The summed E-state index contributed by atoms with van der Waals surface area (Å²) in [5.74, 6) is -0.594. The van der Waals surface area contributed by atoms with Crippen LogP contribution in [0.2, 0.25) is 0 Å². The number of nitrogens with two attached hydrogens (primary N) is 1. The Kier molecular flexibility index (Phi) is 66.7. The maximum Gasteiger partial charge on any atom is 1.00 e. The van der Waals surface area contributed by atoms with Crippen LogP contribution in [0.1, 0.15) is 49.9 Å². The van der Waals surface area contributed by atoms with E-state index in [4.69, 9.17) is 46.6 Å². The van der Waals surface area contributed by atoms with E-state index in [1.165, 1.54) is 138 Å². The third-order valence-corrected chi connectivity index (χ3v) is 21.1. The van der Waals surface area contributed by atoms with Crippen molar-refractivity contribution in [3.8, 4) is 96.8 Å². The van der Waals surface area contributed by atoms with Gasteiger partial charge in [0.2, 0.25) is 0 Å². The van der Waals surface area contributed by atoms with Gasteiger partial charge >= 0.3 is 215 Å². The van der Waals surface area contributed by atoms with Crippen molar-refractivity contribution in [3.63, 3.8) is 0 Å². The number of phenols is 1.